The summed E-state index contributed by atoms with van der Waals surface area (Å²) in [6.45, 7) is 0.465. The number of benzene rings is 1. The normalized spacial score (nSPS) is 13.2. The summed E-state index contributed by atoms with van der Waals surface area (Å²) >= 11 is 0. The monoisotopic (exact) mass is 342 g/mol. The molecule has 0 saturated heterocycles. The van der Waals surface area contributed by atoms with E-state index in [4.69, 9.17) is 14.2 Å². The minimum atomic E-state index is -0.390. The van der Waals surface area contributed by atoms with Gasteiger partial charge in [0.15, 0.2) is 0 Å². The van der Waals surface area contributed by atoms with E-state index in [0.29, 0.717) is 29.6 Å². The Bertz CT molecular complexity index is 772. The number of hydrogen-bond donors (Lipinski definition) is 1. The first kappa shape index (κ1) is 17.1. The van der Waals surface area contributed by atoms with E-state index in [0.717, 1.165) is 29.7 Å². The number of pyridine rings is 1. The van der Waals surface area contributed by atoms with Gasteiger partial charge in [0.05, 0.1) is 21.3 Å². The van der Waals surface area contributed by atoms with Crippen molar-refractivity contribution in [2.45, 2.75) is 25.3 Å². The van der Waals surface area contributed by atoms with Crippen LogP contribution in [-0.2, 0) is 11.3 Å². The van der Waals surface area contributed by atoms with Gasteiger partial charge in [0.1, 0.15) is 22.9 Å². The molecule has 1 fully saturated rings. The number of carbonyl (C=O) groups is 1. The molecule has 1 aliphatic carbocycles. The molecule has 2 aromatic rings. The third-order valence-corrected chi connectivity index (χ3v) is 4.30. The van der Waals surface area contributed by atoms with Gasteiger partial charge in [-0.2, -0.15) is 0 Å². The Labute approximate surface area is 147 Å². The Balaban J connectivity index is 1.81. The first-order valence-corrected chi connectivity index (χ1v) is 8.19. The van der Waals surface area contributed by atoms with Crippen molar-refractivity contribution >= 4 is 11.8 Å². The van der Waals surface area contributed by atoms with E-state index in [1.165, 1.54) is 7.11 Å². The molecule has 3 rings (SSSR count). The number of aromatic nitrogens is 1. The summed E-state index contributed by atoms with van der Waals surface area (Å²) in [7, 11) is 4.60. The zero-order valence-electron chi connectivity index (χ0n) is 14.7. The second-order valence-electron chi connectivity index (χ2n) is 5.96. The molecule has 1 heterocycles. The lowest BCUT2D eigenvalue weighted by molar-refractivity contribution is 0.0601. The van der Waals surface area contributed by atoms with Gasteiger partial charge in [0, 0.05) is 24.4 Å². The van der Waals surface area contributed by atoms with Crippen molar-refractivity contribution in [3.8, 4) is 11.5 Å². The minimum absolute atomic E-state index is 0.390. The summed E-state index contributed by atoms with van der Waals surface area (Å²) in [6.07, 6.45) is 4.13. The number of hydrogen-bond acceptors (Lipinski definition) is 6. The molecular formula is C19H22N2O4. The summed E-state index contributed by atoms with van der Waals surface area (Å²) in [4.78, 5) is 16.5. The van der Waals surface area contributed by atoms with Crippen LogP contribution in [0.1, 0.15) is 40.2 Å². The first-order valence-electron chi connectivity index (χ1n) is 8.19. The Kier molecular flexibility index (Phi) is 5.07. The largest absolute Gasteiger partial charge is 0.497 e. The molecule has 6 nitrogen and oxygen atoms in total. The van der Waals surface area contributed by atoms with Gasteiger partial charge in [-0.25, -0.2) is 9.78 Å². The van der Waals surface area contributed by atoms with Gasteiger partial charge in [0.2, 0.25) is 0 Å². The van der Waals surface area contributed by atoms with E-state index in [1.807, 2.05) is 30.5 Å². The van der Waals surface area contributed by atoms with E-state index in [2.05, 4.69) is 10.3 Å². The molecule has 1 aliphatic rings. The highest BCUT2D eigenvalue weighted by atomic mass is 16.5. The number of carbonyl (C=O) groups excluding carboxylic acids is 1. The van der Waals surface area contributed by atoms with Gasteiger partial charge in [-0.15, -0.1) is 0 Å². The Hall–Kier alpha value is -2.76. The first-order chi connectivity index (χ1) is 12.2. The number of esters is 1. The summed E-state index contributed by atoms with van der Waals surface area (Å²) < 4.78 is 15.5. The molecular weight excluding hydrogens is 320 g/mol. The Morgan fingerprint density at radius 1 is 1.20 bits per heavy atom. The number of nitrogens with zero attached hydrogens (tertiary/aromatic N) is 1. The van der Waals surface area contributed by atoms with Crippen molar-refractivity contribution in [2.24, 2.45) is 0 Å². The number of nitrogens with one attached hydrogen (secondary N) is 1. The summed E-state index contributed by atoms with van der Waals surface area (Å²) in [5, 5.41) is 3.21. The van der Waals surface area contributed by atoms with Crippen molar-refractivity contribution in [3.63, 3.8) is 0 Å². The molecule has 132 valence electrons. The molecule has 1 aromatic carbocycles. The van der Waals surface area contributed by atoms with Gasteiger partial charge >= 0.3 is 5.97 Å². The molecule has 1 saturated carbocycles. The van der Waals surface area contributed by atoms with E-state index in [1.54, 1.807) is 14.2 Å². The smallest absolute Gasteiger partial charge is 0.341 e. The fraction of sp³-hybridized carbons (Fsp3) is 0.368. The van der Waals surface area contributed by atoms with Crippen LogP contribution in [0.2, 0.25) is 0 Å². The molecule has 0 spiro atoms. The molecule has 25 heavy (non-hydrogen) atoms. The predicted molar refractivity (Wildman–Crippen MR) is 94.4 cm³/mol. The van der Waals surface area contributed by atoms with Crippen LogP contribution in [-0.4, -0.2) is 32.3 Å². The number of methoxy groups -OCH3 is 3. The standard InChI is InChI=1S/C19H22N2O4/c1-23-15-7-6-13(17(9-15)24-2)10-20-18-16(19(22)25-3)8-14(11-21-18)12-4-5-12/h6-9,11-12H,4-5,10H2,1-3H3,(H,20,21). The van der Waals surface area contributed by atoms with E-state index in [9.17, 15) is 4.79 Å². The second-order valence-corrected chi connectivity index (χ2v) is 5.96. The fourth-order valence-corrected chi connectivity index (χ4v) is 2.70. The topological polar surface area (TPSA) is 69.7 Å². The van der Waals surface area contributed by atoms with Crippen molar-refractivity contribution in [2.75, 3.05) is 26.6 Å². The van der Waals surface area contributed by atoms with Gasteiger partial charge in [0.25, 0.3) is 0 Å². The maximum Gasteiger partial charge on any atom is 0.341 e. The second kappa shape index (κ2) is 7.42. The third-order valence-electron chi connectivity index (χ3n) is 4.30. The molecule has 0 amide bonds. The van der Waals surface area contributed by atoms with Crippen LogP contribution in [0.25, 0.3) is 0 Å². The van der Waals surface area contributed by atoms with E-state index >= 15 is 0 Å². The summed E-state index contributed by atoms with van der Waals surface area (Å²) in [6, 6.07) is 7.48. The van der Waals surface area contributed by atoms with Crippen LogP contribution in [0, 0.1) is 0 Å². The van der Waals surface area contributed by atoms with Crippen molar-refractivity contribution in [3.05, 3.63) is 47.2 Å². The Morgan fingerprint density at radius 3 is 2.64 bits per heavy atom. The van der Waals surface area contributed by atoms with Crippen molar-refractivity contribution < 1.29 is 19.0 Å². The molecule has 0 atom stereocenters. The van der Waals surface area contributed by atoms with Crippen LogP contribution < -0.4 is 14.8 Å². The molecule has 0 aliphatic heterocycles. The summed E-state index contributed by atoms with van der Waals surface area (Å²) in [5.74, 6) is 2.07. The van der Waals surface area contributed by atoms with Gasteiger partial charge < -0.3 is 19.5 Å². The molecule has 1 aromatic heterocycles. The molecule has 1 N–H and O–H groups in total. The lowest BCUT2D eigenvalue weighted by atomic mass is 10.1. The predicted octanol–water partition coefficient (Wildman–Crippen LogP) is 3.37. The zero-order valence-corrected chi connectivity index (χ0v) is 14.7. The lowest BCUT2D eigenvalue weighted by Gasteiger charge is -2.14. The van der Waals surface area contributed by atoms with Crippen LogP contribution in [0.15, 0.2) is 30.5 Å². The van der Waals surface area contributed by atoms with E-state index < -0.39 is 0 Å². The van der Waals surface area contributed by atoms with Crippen LogP contribution in [0.3, 0.4) is 0 Å². The van der Waals surface area contributed by atoms with Gasteiger partial charge in [-0.05, 0) is 42.5 Å². The highest BCUT2D eigenvalue weighted by Gasteiger charge is 2.26. The molecule has 0 radical (unpaired) electrons. The maximum absolute atomic E-state index is 12.1. The van der Waals surface area contributed by atoms with Crippen LogP contribution >= 0.6 is 0 Å². The van der Waals surface area contributed by atoms with E-state index in [-0.39, 0.29) is 5.97 Å². The number of anilines is 1. The average Bonchev–Trinajstić information content (AvgIpc) is 3.50. The van der Waals surface area contributed by atoms with Gasteiger partial charge in [-0.3, -0.25) is 0 Å². The molecule has 0 unspecified atom stereocenters. The highest BCUT2D eigenvalue weighted by Crippen LogP contribution is 2.40. The third kappa shape index (κ3) is 3.84. The number of ether oxygens (including phenoxy) is 3. The average molecular weight is 342 g/mol. The van der Waals surface area contributed by atoms with Crippen LogP contribution in [0.5, 0.6) is 11.5 Å². The van der Waals surface area contributed by atoms with Crippen molar-refractivity contribution in [1.82, 2.24) is 4.98 Å². The maximum atomic E-state index is 12.1. The summed E-state index contributed by atoms with van der Waals surface area (Å²) in [5.41, 5.74) is 2.49. The zero-order chi connectivity index (χ0) is 17.8. The number of rotatable bonds is 7. The Morgan fingerprint density at radius 2 is 2.00 bits per heavy atom. The molecule has 6 heteroatoms. The molecule has 0 bridgehead atoms. The SMILES string of the molecule is COC(=O)c1cc(C2CC2)cnc1NCc1ccc(OC)cc1OC. The fourth-order valence-electron chi connectivity index (χ4n) is 2.70. The van der Waals surface area contributed by atoms with Crippen LogP contribution in [0.4, 0.5) is 5.82 Å². The lowest BCUT2D eigenvalue weighted by Crippen LogP contribution is -2.11. The quantitative estimate of drug-likeness (QED) is 0.778. The minimum Gasteiger partial charge on any atom is -0.497 e. The van der Waals surface area contributed by atoms with Gasteiger partial charge in [-0.1, -0.05) is 0 Å². The van der Waals surface area contributed by atoms with Crippen molar-refractivity contribution in [1.29, 1.82) is 0 Å². The highest BCUT2D eigenvalue weighted by molar-refractivity contribution is 5.94.